The summed E-state index contributed by atoms with van der Waals surface area (Å²) in [6.45, 7) is 1.50. The van der Waals surface area contributed by atoms with Gasteiger partial charge in [0.15, 0.2) is 5.78 Å². The zero-order valence-electron chi connectivity index (χ0n) is 13.1. The Balaban J connectivity index is 1.44. The third-order valence-corrected chi connectivity index (χ3v) is 5.42. The summed E-state index contributed by atoms with van der Waals surface area (Å²) in [6.07, 6.45) is 4.44. The molecule has 1 aromatic rings. The molecule has 0 amide bonds. The van der Waals surface area contributed by atoms with Gasteiger partial charge in [-0.3, -0.25) is 14.7 Å². The molecule has 3 aliphatic rings. The fourth-order valence-corrected chi connectivity index (χ4v) is 4.29. The predicted molar refractivity (Wildman–Crippen MR) is 87.4 cm³/mol. The molecule has 1 aromatic carbocycles. The molecule has 4 rings (SSSR count). The highest BCUT2D eigenvalue weighted by Gasteiger charge is 2.51. The number of benzene rings is 1. The first-order valence-corrected chi connectivity index (χ1v) is 8.35. The number of rotatable bonds is 3. The number of hydrogen-bond acceptors (Lipinski definition) is 5. The first kappa shape index (κ1) is 15.0. The summed E-state index contributed by atoms with van der Waals surface area (Å²) in [4.78, 5) is 18.9. The van der Waals surface area contributed by atoms with Crippen molar-refractivity contribution in [2.24, 2.45) is 10.9 Å². The molecule has 2 aliphatic heterocycles. The van der Waals surface area contributed by atoms with Gasteiger partial charge < -0.3 is 10.2 Å². The Bertz CT molecular complexity index is 672. The zero-order chi connectivity index (χ0) is 16.0. The average molecular weight is 314 g/mol. The topological polar surface area (TPSA) is 73.1 Å². The minimum atomic E-state index is -0.815. The van der Waals surface area contributed by atoms with Crippen LogP contribution in [0, 0.1) is 5.92 Å². The lowest BCUT2D eigenvalue weighted by molar-refractivity contribution is 0.0200. The minimum absolute atomic E-state index is 0.0863. The molecule has 1 saturated heterocycles. The smallest absolute Gasteiger partial charge is 0.176 e. The number of aliphatic hydroxyl groups excluding tert-OH is 1. The van der Waals surface area contributed by atoms with E-state index in [0.29, 0.717) is 32.5 Å². The standard InChI is InChI=1S/C18H22N2O3/c21-15-7-14-9-20(11-18(14,23)8-15)10-17(22)13-3-4-16-12(6-13)2-1-5-19-16/h3-6,14-15,21,23H,1-2,7-11H2/t14-,15-,18-/m0/s1. The molecule has 5 nitrogen and oxygen atoms in total. The summed E-state index contributed by atoms with van der Waals surface area (Å²) in [5.41, 5.74) is 2.01. The molecule has 122 valence electrons. The van der Waals surface area contributed by atoms with Crippen molar-refractivity contribution in [1.82, 2.24) is 4.90 Å². The molecule has 2 heterocycles. The Morgan fingerprint density at radius 2 is 2.30 bits per heavy atom. The lowest BCUT2D eigenvalue weighted by Crippen LogP contribution is -2.36. The normalized spacial score (nSPS) is 32.8. The van der Waals surface area contributed by atoms with E-state index < -0.39 is 11.7 Å². The fraction of sp³-hybridized carbons (Fsp3) is 0.556. The first-order valence-electron chi connectivity index (χ1n) is 8.35. The van der Waals surface area contributed by atoms with Gasteiger partial charge in [0.2, 0.25) is 0 Å². The lowest BCUT2D eigenvalue weighted by Gasteiger charge is -2.22. The molecule has 2 N–H and O–H groups in total. The van der Waals surface area contributed by atoms with Crippen LogP contribution in [0.4, 0.5) is 5.69 Å². The number of likely N-dealkylation sites (tertiary alicyclic amines) is 1. The Kier molecular flexibility index (Phi) is 3.59. The van der Waals surface area contributed by atoms with Crippen LogP contribution in [0.15, 0.2) is 23.2 Å². The highest BCUT2D eigenvalue weighted by molar-refractivity contribution is 5.98. The van der Waals surface area contributed by atoms with Crippen molar-refractivity contribution in [2.45, 2.75) is 37.4 Å². The number of aliphatic imine (C=N–C) groups is 1. The van der Waals surface area contributed by atoms with Crippen LogP contribution in [0.3, 0.4) is 0 Å². The fourth-order valence-electron chi connectivity index (χ4n) is 4.29. The summed E-state index contributed by atoms with van der Waals surface area (Å²) in [5, 5.41) is 20.3. The van der Waals surface area contributed by atoms with Crippen LogP contribution < -0.4 is 0 Å². The van der Waals surface area contributed by atoms with Crippen LogP contribution >= 0.6 is 0 Å². The molecule has 0 radical (unpaired) electrons. The van der Waals surface area contributed by atoms with Crippen molar-refractivity contribution >= 4 is 17.7 Å². The average Bonchev–Trinajstić information content (AvgIpc) is 2.95. The number of aliphatic hydroxyl groups is 2. The maximum Gasteiger partial charge on any atom is 0.176 e. The van der Waals surface area contributed by atoms with E-state index in [4.69, 9.17) is 0 Å². The van der Waals surface area contributed by atoms with Gasteiger partial charge >= 0.3 is 0 Å². The van der Waals surface area contributed by atoms with E-state index in [9.17, 15) is 15.0 Å². The Labute approximate surface area is 135 Å². The summed E-state index contributed by atoms with van der Waals surface area (Å²) in [6, 6.07) is 5.73. The maximum absolute atomic E-state index is 12.6. The van der Waals surface area contributed by atoms with E-state index in [1.54, 1.807) is 0 Å². The third-order valence-electron chi connectivity index (χ3n) is 5.42. The van der Waals surface area contributed by atoms with Gasteiger partial charge in [-0.25, -0.2) is 0 Å². The van der Waals surface area contributed by atoms with Crippen LogP contribution in [0.5, 0.6) is 0 Å². The molecular weight excluding hydrogens is 292 g/mol. The number of β-amino-alcohol motifs (C(OH)–C–C–N with tert-alkyl or cyclic N) is 1. The van der Waals surface area contributed by atoms with Gasteiger partial charge in [-0.05, 0) is 43.0 Å². The molecule has 1 saturated carbocycles. The monoisotopic (exact) mass is 314 g/mol. The number of aryl methyl sites for hydroxylation is 1. The van der Waals surface area contributed by atoms with E-state index in [1.165, 1.54) is 0 Å². The van der Waals surface area contributed by atoms with Crippen molar-refractivity contribution in [2.75, 3.05) is 19.6 Å². The van der Waals surface area contributed by atoms with Crippen LogP contribution in [0.2, 0.25) is 0 Å². The van der Waals surface area contributed by atoms with Crippen molar-refractivity contribution in [3.05, 3.63) is 29.3 Å². The van der Waals surface area contributed by atoms with Gasteiger partial charge in [-0.2, -0.15) is 0 Å². The Hall–Kier alpha value is -1.56. The van der Waals surface area contributed by atoms with Gasteiger partial charge in [0.25, 0.3) is 0 Å². The van der Waals surface area contributed by atoms with Crippen LogP contribution in [-0.2, 0) is 6.42 Å². The van der Waals surface area contributed by atoms with Gasteiger partial charge in [-0.1, -0.05) is 0 Å². The number of nitrogens with zero attached hydrogens (tertiary/aromatic N) is 2. The predicted octanol–water partition coefficient (Wildman–Crippen LogP) is 1.34. The molecule has 2 fully saturated rings. The van der Waals surface area contributed by atoms with Gasteiger partial charge in [-0.15, -0.1) is 0 Å². The number of ketones is 1. The number of carbonyl (C=O) groups is 1. The molecular formula is C18H22N2O3. The van der Waals surface area contributed by atoms with E-state index in [1.807, 2.05) is 29.3 Å². The van der Waals surface area contributed by atoms with Crippen LogP contribution in [0.25, 0.3) is 0 Å². The van der Waals surface area contributed by atoms with Crippen molar-refractivity contribution in [1.29, 1.82) is 0 Å². The summed E-state index contributed by atoms with van der Waals surface area (Å²) in [5.74, 6) is 0.176. The number of Topliss-reactive ketones (excluding diaryl/α,β-unsaturated/α-hetero) is 1. The van der Waals surface area contributed by atoms with Crippen LogP contribution in [0.1, 0.15) is 35.2 Å². The Morgan fingerprint density at radius 3 is 3.13 bits per heavy atom. The van der Waals surface area contributed by atoms with E-state index in [0.717, 1.165) is 29.7 Å². The number of carbonyl (C=O) groups excluding carboxylic acids is 1. The highest BCUT2D eigenvalue weighted by Crippen LogP contribution is 2.41. The van der Waals surface area contributed by atoms with Crippen molar-refractivity contribution < 1.29 is 15.0 Å². The van der Waals surface area contributed by atoms with E-state index >= 15 is 0 Å². The molecule has 3 atom stereocenters. The second-order valence-corrected chi connectivity index (χ2v) is 7.18. The molecule has 0 spiro atoms. The van der Waals surface area contributed by atoms with Crippen LogP contribution in [-0.4, -0.2) is 58.5 Å². The molecule has 1 aliphatic carbocycles. The zero-order valence-corrected chi connectivity index (χ0v) is 13.1. The van der Waals surface area contributed by atoms with Gasteiger partial charge in [0.05, 0.1) is 23.9 Å². The van der Waals surface area contributed by atoms with Gasteiger partial charge in [0, 0.05) is 37.2 Å². The molecule has 23 heavy (non-hydrogen) atoms. The van der Waals surface area contributed by atoms with Gasteiger partial charge in [0.1, 0.15) is 0 Å². The first-order chi connectivity index (χ1) is 11.0. The lowest BCUT2D eigenvalue weighted by atomic mass is 9.95. The highest BCUT2D eigenvalue weighted by atomic mass is 16.3. The second-order valence-electron chi connectivity index (χ2n) is 7.18. The molecule has 5 heteroatoms. The number of hydrogen-bond donors (Lipinski definition) is 2. The summed E-state index contributed by atoms with van der Waals surface area (Å²) in [7, 11) is 0. The molecule has 0 bridgehead atoms. The van der Waals surface area contributed by atoms with Crippen molar-refractivity contribution in [3.8, 4) is 0 Å². The molecule has 0 aromatic heterocycles. The van der Waals surface area contributed by atoms with E-state index in [2.05, 4.69) is 4.99 Å². The minimum Gasteiger partial charge on any atom is -0.393 e. The maximum atomic E-state index is 12.6. The molecule has 0 unspecified atom stereocenters. The van der Waals surface area contributed by atoms with E-state index in [-0.39, 0.29) is 11.7 Å². The SMILES string of the molecule is O=C(CN1C[C@@H]2C[C@H](O)C[C@]2(O)C1)c1ccc2c(c1)CCC=N2. The van der Waals surface area contributed by atoms with Crippen molar-refractivity contribution in [3.63, 3.8) is 0 Å². The second kappa shape index (κ2) is 5.51. The quantitative estimate of drug-likeness (QED) is 0.826. The summed E-state index contributed by atoms with van der Waals surface area (Å²) < 4.78 is 0. The third kappa shape index (κ3) is 2.73. The Morgan fingerprint density at radius 1 is 1.43 bits per heavy atom. The largest absolute Gasteiger partial charge is 0.393 e. The summed E-state index contributed by atoms with van der Waals surface area (Å²) >= 11 is 0. The number of fused-ring (bicyclic) bond motifs is 2.